The van der Waals surface area contributed by atoms with Crippen LogP contribution in [0.15, 0.2) is 34.9 Å². The molecule has 2 aromatic heterocycles. The monoisotopic (exact) mass is 552 g/mol. The van der Waals surface area contributed by atoms with E-state index in [2.05, 4.69) is 38.6 Å². The Hall–Kier alpha value is -1.94. The Morgan fingerprint density at radius 2 is 2.12 bits per heavy atom. The minimum atomic E-state index is -0.337. The highest BCUT2D eigenvalue weighted by molar-refractivity contribution is 9.10. The summed E-state index contributed by atoms with van der Waals surface area (Å²) in [5, 5.41) is 12.7. The smallest absolute Gasteiger partial charge is 0.341 e. The summed E-state index contributed by atoms with van der Waals surface area (Å²) in [5.41, 5.74) is 2.76. The van der Waals surface area contributed by atoms with Crippen LogP contribution < -0.4 is 10.6 Å². The summed E-state index contributed by atoms with van der Waals surface area (Å²) in [6, 6.07) is 7.64. The van der Waals surface area contributed by atoms with Crippen LogP contribution >= 0.6 is 51.1 Å². The van der Waals surface area contributed by atoms with Gasteiger partial charge in [-0.25, -0.2) is 4.79 Å². The number of hydrogen-bond acceptors (Lipinski definition) is 5. The number of nitrogens with one attached hydrogen (secondary N) is 2. The maximum absolute atomic E-state index is 12.5. The lowest BCUT2D eigenvalue weighted by molar-refractivity contribution is 0.0601. The molecule has 10 heteroatoms. The van der Waals surface area contributed by atoms with Gasteiger partial charge >= 0.3 is 5.97 Å². The molecular formula is C22H22BrClN4O2S2. The number of fused-ring (bicyclic) bond motifs is 1. The largest absolute Gasteiger partial charge is 0.465 e. The average Bonchev–Trinajstić information content (AvgIpc) is 3.27. The van der Waals surface area contributed by atoms with Gasteiger partial charge in [0.2, 0.25) is 0 Å². The number of hydrogen-bond donors (Lipinski definition) is 2. The van der Waals surface area contributed by atoms with Crippen molar-refractivity contribution in [3.63, 3.8) is 0 Å². The Bertz CT molecular complexity index is 1160. The van der Waals surface area contributed by atoms with Crippen molar-refractivity contribution in [1.29, 1.82) is 0 Å². The third kappa shape index (κ3) is 5.17. The van der Waals surface area contributed by atoms with Crippen LogP contribution in [0.3, 0.4) is 0 Å². The van der Waals surface area contributed by atoms with Crippen molar-refractivity contribution in [2.75, 3.05) is 17.7 Å². The Balaban J connectivity index is 1.49. The zero-order valence-electron chi connectivity index (χ0n) is 17.6. The first-order chi connectivity index (χ1) is 15.3. The third-order valence-electron chi connectivity index (χ3n) is 5.34. The number of thiocarbonyl (C=S) groups is 1. The SMILES string of the molecule is COC(=O)c1c(NC(=S)Nc2nn(Cc3ccc(Cl)cc3)cc2Br)sc2c1CCC(C)C2. The molecule has 0 aliphatic heterocycles. The molecule has 0 saturated heterocycles. The number of rotatable bonds is 5. The lowest BCUT2D eigenvalue weighted by Gasteiger charge is -2.18. The fourth-order valence-corrected chi connectivity index (χ4v) is 5.95. The van der Waals surface area contributed by atoms with Crippen molar-refractivity contribution in [3.05, 3.63) is 61.5 Å². The second kappa shape index (κ2) is 9.91. The van der Waals surface area contributed by atoms with E-state index in [1.165, 1.54) is 12.0 Å². The van der Waals surface area contributed by atoms with Crippen molar-refractivity contribution >= 4 is 73.0 Å². The molecule has 168 valence electrons. The van der Waals surface area contributed by atoms with Gasteiger partial charge in [0.1, 0.15) is 5.00 Å². The fourth-order valence-electron chi connectivity index (χ4n) is 3.74. The van der Waals surface area contributed by atoms with Crippen LogP contribution in [0.4, 0.5) is 10.8 Å². The predicted octanol–water partition coefficient (Wildman–Crippen LogP) is 6.13. The zero-order valence-corrected chi connectivity index (χ0v) is 21.6. The Morgan fingerprint density at radius 1 is 1.38 bits per heavy atom. The molecule has 3 aromatic rings. The summed E-state index contributed by atoms with van der Waals surface area (Å²) in [6.45, 7) is 2.83. The molecule has 6 nitrogen and oxygen atoms in total. The van der Waals surface area contributed by atoms with Gasteiger partial charge in [0.05, 0.1) is 23.7 Å². The Labute approximate surface area is 209 Å². The van der Waals surface area contributed by atoms with Crippen molar-refractivity contribution in [1.82, 2.24) is 9.78 Å². The Morgan fingerprint density at radius 3 is 2.84 bits per heavy atom. The summed E-state index contributed by atoms with van der Waals surface area (Å²) in [7, 11) is 1.41. The lowest BCUT2D eigenvalue weighted by atomic mass is 9.88. The molecule has 1 aliphatic carbocycles. The molecule has 1 aromatic carbocycles. The molecule has 1 unspecified atom stereocenters. The first kappa shape index (κ1) is 23.2. The van der Waals surface area contributed by atoms with Gasteiger partial charge in [0.15, 0.2) is 10.9 Å². The van der Waals surface area contributed by atoms with Gasteiger partial charge < -0.3 is 15.4 Å². The molecule has 1 aliphatic rings. The first-order valence-corrected chi connectivity index (χ1v) is 12.5. The summed E-state index contributed by atoms with van der Waals surface area (Å²) in [4.78, 5) is 13.7. The number of aromatic nitrogens is 2. The van der Waals surface area contributed by atoms with E-state index in [1.807, 2.05) is 35.1 Å². The van der Waals surface area contributed by atoms with E-state index in [1.54, 1.807) is 11.3 Å². The minimum absolute atomic E-state index is 0.337. The van der Waals surface area contributed by atoms with Crippen LogP contribution in [0, 0.1) is 5.92 Å². The van der Waals surface area contributed by atoms with Crippen molar-refractivity contribution in [3.8, 4) is 0 Å². The molecule has 0 spiro atoms. The summed E-state index contributed by atoms with van der Waals surface area (Å²) in [5.74, 6) is 0.854. The molecule has 0 saturated carbocycles. The van der Waals surface area contributed by atoms with E-state index < -0.39 is 0 Å². The van der Waals surface area contributed by atoms with Crippen LogP contribution in [0.2, 0.25) is 5.02 Å². The van der Waals surface area contributed by atoms with E-state index in [0.717, 1.165) is 34.9 Å². The highest BCUT2D eigenvalue weighted by Crippen LogP contribution is 2.40. The van der Waals surface area contributed by atoms with Crippen molar-refractivity contribution in [2.45, 2.75) is 32.7 Å². The number of carbonyl (C=O) groups is 1. The number of methoxy groups -OCH3 is 1. The van der Waals surface area contributed by atoms with Crippen LogP contribution in [0.25, 0.3) is 0 Å². The second-order valence-corrected chi connectivity index (χ2v) is 10.6. The fraction of sp³-hybridized carbons (Fsp3) is 0.318. The number of anilines is 2. The normalized spacial score (nSPS) is 15.2. The van der Waals surface area contributed by atoms with Gasteiger partial charge in [-0.1, -0.05) is 30.7 Å². The van der Waals surface area contributed by atoms with Crippen molar-refractivity contribution in [2.24, 2.45) is 5.92 Å². The Kier molecular flexibility index (Phi) is 7.19. The lowest BCUT2D eigenvalue weighted by Crippen LogP contribution is -2.21. The van der Waals surface area contributed by atoms with Gasteiger partial charge in [-0.05, 0) is 76.6 Å². The van der Waals surface area contributed by atoms with E-state index in [9.17, 15) is 4.79 Å². The molecule has 2 heterocycles. The second-order valence-electron chi connectivity index (χ2n) is 7.78. The van der Waals surface area contributed by atoms with Crippen LogP contribution in [0.1, 0.15) is 39.7 Å². The van der Waals surface area contributed by atoms with Gasteiger partial charge in [-0.3, -0.25) is 4.68 Å². The number of halogens is 2. The highest BCUT2D eigenvalue weighted by Gasteiger charge is 2.28. The van der Waals surface area contributed by atoms with Crippen molar-refractivity contribution < 1.29 is 9.53 Å². The maximum Gasteiger partial charge on any atom is 0.341 e. The summed E-state index contributed by atoms with van der Waals surface area (Å²) >= 11 is 16.6. The zero-order chi connectivity index (χ0) is 22.8. The quantitative estimate of drug-likeness (QED) is 0.293. The summed E-state index contributed by atoms with van der Waals surface area (Å²) < 4.78 is 7.64. The van der Waals surface area contributed by atoms with Crippen LogP contribution in [0.5, 0.6) is 0 Å². The number of thiophene rings is 1. The molecule has 0 bridgehead atoms. The van der Waals surface area contributed by atoms with Crippen LogP contribution in [-0.4, -0.2) is 28.0 Å². The molecule has 4 rings (SSSR count). The average molecular weight is 554 g/mol. The first-order valence-electron chi connectivity index (χ1n) is 10.1. The number of esters is 1. The molecule has 1 atom stereocenters. The van der Waals surface area contributed by atoms with E-state index >= 15 is 0 Å². The molecular weight excluding hydrogens is 532 g/mol. The van der Waals surface area contributed by atoms with Gasteiger partial charge in [-0.2, -0.15) is 5.10 Å². The topological polar surface area (TPSA) is 68.2 Å². The number of nitrogens with zero attached hydrogens (tertiary/aromatic N) is 2. The molecule has 0 amide bonds. The molecule has 32 heavy (non-hydrogen) atoms. The minimum Gasteiger partial charge on any atom is -0.465 e. The summed E-state index contributed by atoms with van der Waals surface area (Å²) in [6.07, 6.45) is 4.78. The number of carbonyl (C=O) groups excluding carboxylic acids is 1. The number of benzene rings is 1. The maximum atomic E-state index is 12.5. The highest BCUT2D eigenvalue weighted by atomic mass is 79.9. The number of ether oxygens (including phenoxy) is 1. The van der Waals surface area contributed by atoms with Gasteiger partial charge in [0.25, 0.3) is 0 Å². The third-order valence-corrected chi connectivity index (χ3v) is 7.54. The standard InChI is InChI=1S/C22H22BrClN4O2S2/c1-12-3-8-15-17(9-12)32-20(18(15)21(29)30-2)26-22(31)25-19-16(23)11-28(27-19)10-13-4-6-14(24)7-5-13/h4-7,11-12H,3,8-10H2,1-2H3,(H2,25,26,27,31). The van der Waals surface area contributed by atoms with Crippen LogP contribution in [-0.2, 0) is 24.1 Å². The van der Waals surface area contributed by atoms with Gasteiger partial charge in [0, 0.05) is 16.1 Å². The van der Waals surface area contributed by atoms with E-state index in [4.69, 9.17) is 28.6 Å². The predicted molar refractivity (Wildman–Crippen MR) is 137 cm³/mol. The van der Waals surface area contributed by atoms with E-state index in [-0.39, 0.29) is 5.97 Å². The molecule has 2 N–H and O–H groups in total. The molecule has 0 fully saturated rings. The van der Waals surface area contributed by atoms with E-state index in [0.29, 0.717) is 39.0 Å². The molecule has 0 radical (unpaired) electrons. The van der Waals surface area contributed by atoms with Gasteiger partial charge in [-0.15, -0.1) is 11.3 Å².